The van der Waals surface area contributed by atoms with Gasteiger partial charge in [-0.2, -0.15) is 0 Å². The average molecular weight is 342 g/mol. The third kappa shape index (κ3) is 6.33. The smallest absolute Gasteiger partial charge is 0.413 e. The number of hydrogen-bond acceptors (Lipinski definition) is 6. The van der Waals surface area contributed by atoms with Gasteiger partial charge in [0.1, 0.15) is 0 Å². The standard InChI is InChI=1S/C12H14N4O4S2/c1-19-11(17)15-9(21)13-7-3-5-8(6-4-7)14-10(22)16-12(18)20-2/h3-6H,1-2H3,(H2,13,15,17,21)(H2,14,16,18,22). The molecule has 0 bridgehead atoms. The van der Waals surface area contributed by atoms with Crippen molar-refractivity contribution >= 4 is 58.2 Å². The molecule has 0 aliphatic rings. The second kappa shape index (κ2) is 8.74. The number of alkyl carbamates (subject to hydrolysis) is 2. The first-order valence-electron chi connectivity index (χ1n) is 5.86. The van der Waals surface area contributed by atoms with Crippen LogP contribution in [0.25, 0.3) is 0 Å². The lowest BCUT2D eigenvalue weighted by atomic mass is 10.3. The molecule has 0 aliphatic heterocycles. The maximum absolute atomic E-state index is 11.0. The summed E-state index contributed by atoms with van der Waals surface area (Å²) in [5, 5.41) is 10.4. The molecular formula is C12H14N4O4S2. The van der Waals surface area contributed by atoms with Crippen molar-refractivity contribution in [2.75, 3.05) is 24.9 Å². The summed E-state index contributed by atoms with van der Waals surface area (Å²) in [6.07, 6.45) is -1.31. The van der Waals surface area contributed by atoms with Crippen molar-refractivity contribution in [3.63, 3.8) is 0 Å². The van der Waals surface area contributed by atoms with Crippen molar-refractivity contribution in [2.24, 2.45) is 0 Å². The van der Waals surface area contributed by atoms with Gasteiger partial charge in [-0.15, -0.1) is 0 Å². The lowest BCUT2D eigenvalue weighted by Gasteiger charge is -2.11. The highest BCUT2D eigenvalue weighted by molar-refractivity contribution is 7.80. The summed E-state index contributed by atoms with van der Waals surface area (Å²) in [5.41, 5.74) is 1.30. The maximum Gasteiger partial charge on any atom is 0.413 e. The number of ether oxygens (including phenoxy) is 2. The number of carbonyl (C=O) groups excluding carboxylic acids is 2. The Morgan fingerprint density at radius 1 is 0.818 bits per heavy atom. The molecule has 0 spiro atoms. The molecule has 4 N–H and O–H groups in total. The number of nitrogens with one attached hydrogen (secondary N) is 4. The zero-order valence-electron chi connectivity index (χ0n) is 11.8. The molecule has 0 radical (unpaired) electrons. The van der Waals surface area contributed by atoms with E-state index in [1.807, 2.05) is 0 Å². The molecule has 1 aromatic rings. The Labute approximate surface area is 137 Å². The van der Waals surface area contributed by atoms with Gasteiger partial charge in [-0.3, -0.25) is 10.6 Å². The molecule has 0 saturated heterocycles. The Bertz CT molecular complexity index is 526. The molecule has 10 heteroatoms. The first kappa shape index (κ1) is 17.6. The van der Waals surface area contributed by atoms with Gasteiger partial charge in [0.15, 0.2) is 10.2 Å². The highest BCUT2D eigenvalue weighted by Crippen LogP contribution is 2.13. The summed E-state index contributed by atoms with van der Waals surface area (Å²) in [4.78, 5) is 21.9. The number of benzene rings is 1. The van der Waals surface area contributed by atoms with Crippen molar-refractivity contribution in [3.8, 4) is 0 Å². The van der Waals surface area contributed by atoms with E-state index in [-0.39, 0.29) is 10.2 Å². The quantitative estimate of drug-likeness (QED) is 0.604. The van der Waals surface area contributed by atoms with Gasteiger partial charge in [0.25, 0.3) is 0 Å². The van der Waals surface area contributed by atoms with Crippen LogP contribution in [0.3, 0.4) is 0 Å². The molecule has 8 nitrogen and oxygen atoms in total. The number of anilines is 2. The Kier molecular flexibility index (Phi) is 6.99. The molecule has 0 atom stereocenters. The number of carbonyl (C=O) groups is 2. The van der Waals surface area contributed by atoms with Gasteiger partial charge < -0.3 is 20.1 Å². The van der Waals surface area contributed by atoms with Crippen LogP contribution in [0.5, 0.6) is 0 Å². The van der Waals surface area contributed by atoms with Crippen LogP contribution >= 0.6 is 24.4 Å². The van der Waals surface area contributed by atoms with E-state index in [0.717, 1.165) is 0 Å². The maximum atomic E-state index is 11.0. The minimum Gasteiger partial charge on any atom is -0.453 e. The molecular weight excluding hydrogens is 328 g/mol. The fourth-order valence-electron chi connectivity index (χ4n) is 1.25. The van der Waals surface area contributed by atoms with Crippen LogP contribution in [0, 0.1) is 0 Å². The molecule has 0 saturated carbocycles. The lowest BCUT2D eigenvalue weighted by Crippen LogP contribution is -2.34. The highest BCUT2D eigenvalue weighted by Gasteiger charge is 2.05. The number of amides is 2. The van der Waals surface area contributed by atoms with E-state index in [1.54, 1.807) is 24.3 Å². The summed E-state index contributed by atoms with van der Waals surface area (Å²) in [6, 6.07) is 6.81. The first-order valence-corrected chi connectivity index (χ1v) is 6.68. The normalized spacial score (nSPS) is 9.18. The molecule has 0 fully saturated rings. The van der Waals surface area contributed by atoms with Gasteiger partial charge >= 0.3 is 12.2 Å². The van der Waals surface area contributed by atoms with Crippen molar-refractivity contribution in [3.05, 3.63) is 24.3 Å². The molecule has 22 heavy (non-hydrogen) atoms. The van der Waals surface area contributed by atoms with E-state index >= 15 is 0 Å². The molecule has 0 heterocycles. The minimum absolute atomic E-state index is 0.107. The fourth-order valence-corrected chi connectivity index (χ4v) is 1.65. The SMILES string of the molecule is COC(=O)NC(=S)Nc1ccc(NC(=S)NC(=O)OC)cc1. The molecule has 2 amide bonds. The van der Waals surface area contributed by atoms with Crippen LogP contribution in [-0.2, 0) is 9.47 Å². The van der Waals surface area contributed by atoms with Crippen LogP contribution in [0.15, 0.2) is 24.3 Å². The van der Waals surface area contributed by atoms with Gasteiger partial charge in [-0.1, -0.05) is 0 Å². The van der Waals surface area contributed by atoms with Gasteiger partial charge in [0, 0.05) is 11.4 Å². The second-order valence-corrected chi connectivity index (χ2v) is 4.54. The molecule has 0 aromatic heterocycles. The van der Waals surface area contributed by atoms with E-state index < -0.39 is 12.2 Å². The first-order chi connectivity index (χ1) is 10.4. The number of methoxy groups -OCH3 is 2. The van der Waals surface area contributed by atoms with Crippen molar-refractivity contribution in [1.29, 1.82) is 0 Å². The summed E-state index contributed by atoms with van der Waals surface area (Å²) >= 11 is 9.84. The summed E-state index contributed by atoms with van der Waals surface area (Å²) in [7, 11) is 2.48. The molecule has 1 rings (SSSR count). The molecule has 118 valence electrons. The summed E-state index contributed by atoms with van der Waals surface area (Å²) in [5.74, 6) is 0. The van der Waals surface area contributed by atoms with Crippen LogP contribution in [0.1, 0.15) is 0 Å². The van der Waals surface area contributed by atoms with Crippen molar-refractivity contribution < 1.29 is 19.1 Å². The molecule has 0 aliphatic carbocycles. The summed E-state index contributed by atoms with van der Waals surface area (Å²) < 4.78 is 8.83. The third-order valence-electron chi connectivity index (χ3n) is 2.20. The summed E-state index contributed by atoms with van der Waals surface area (Å²) in [6.45, 7) is 0. The van der Waals surface area contributed by atoms with Crippen LogP contribution < -0.4 is 21.3 Å². The van der Waals surface area contributed by atoms with Gasteiger partial charge in [0.05, 0.1) is 14.2 Å². The zero-order chi connectivity index (χ0) is 16.5. The third-order valence-corrected chi connectivity index (χ3v) is 2.61. The topological polar surface area (TPSA) is 101 Å². The zero-order valence-corrected chi connectivity index (χ0v) is 13.4. The van der Waals surface area contributed by atoms with Gasteiger partial charge in [0.2, 0.25) is 0 Å². The van der Waals surface area contributed by atoms with E-state index in [4.69, 9.17) is 24.4 Å². The van der Waals surface area contributed by atoms with Crippen LogP contribution in [0.2, 0.25) is 0 Å². The van der Waals surface area contributed by atoms with Gasteiger partial charge in [-0.25, -0.2) is 9.59 Å². The average Bonchev–Trinajstić information content (AvgIpc) is 2.48. The number of rotatable bonds is 2. The molecule has 1 aromatic carbocycles. The van der Waals surface area contributed by atoms with Crippen LogP contribution in [-0.4, -0.2) is 36.6 Å². The van der Waals surface area contributed by atoms with E-state index in [1.165, 1.54) is 14.2 Å². The van der Waals surface area contributed by atoms with Crippen molar-refractivity contribution in [2.45, 2.75) is 0 Å². The Morgan fingerprint density at radius 3 is 1.41 bits per heavy atom. The van der Waals surface area contributed by atoms with E-state index in [0.29, 0.717) is 11.4 Å². The number of thiocarbonyl (C=S) groups is 2. The monoisotopic (exact) mass is 342 g/mol. The molecule has 0 unspecified atom stereocenters. The Hall–Kier alpha value is -2.46. The number of hydrogen-bond donors (Lipinski definition) is 4. The lowest BCUT2D eigenvalue weighted by molar-refractivity contribution is 0.176. The minimum atomic E-state index is -0.657. The predicted molar refractivity (Wildman–Crippen MR) is 90.0 cm³/mol. The van der Waals surface area contributed by atoms with E-state index in [2.05, 4.69) is 30.7 Å². The largest absolute Gasteiger partial charge is 0.453 e. The van der Waals surface area contributed by atoms with Gasteiger partial charge in [-0.05, 0) is 48.7 Å². The highest BCUT2D eigenvalue weighted by atomic mass is 32.1. The second-order valence-electron chi connectivity index (χ2n) is 3.72. The Morgan fingerprint density at radius 2 is 1.14 bits per heavy atom. The predicted octanol–water partition coefficient (Wildman–Crippen LogP) is 1.79. The van der Waals surface area contributed by atoms with Crippen LogP contribution in [0.4, 0.5) is 21.0 Å². The van der Waals surface area contributed by atoms with E-state index in [9.17, 15) is 9.59 Å². The fraction of sp³-hybridized carbons (Fsp3) is 0.167. The Balaban J connectivity index is 2.52. The van der Waals surface area contributed by atoms with Crippen molar-refractivity contribution in [1.82, 2.24) is 10.6 Å².